The molecule has 3 rings (SSSR count). The SMILES string of the molecule is CCCCC#Cc1cc(S(=O)(=O)N2CCC(N3CCC(C)CC3)CC2)ccc1CC(F)(F)F. The molecule has 4 nitrogen and oxygen atoms in total. The Morgan fingerprint density at radius 2 is 1.73 bits per heavy atom. The minimum absolute atomic E-state index is 0.0171. The molecule has 184 valence electrons. The lowest BCUT2D eigenvalue weighted by Crippen LogP contribution is -2.48. The predicted molar refractivity (Wildman–Crippen MR) is 124 cm³/mol. The van der Waals surface area contributed by atoms with Crippen LogP contribution in [0.3, 0.4) is 0 Å². The number of alkyl halides is 3. The summed E-state index contributed by atoms with van der Waals surface area (Å²) in [7, 11) is -3.78. The molecule has 8 heteroatoms. The zero-order valence-corrected chi connectivity index (χ0v) is 20.4. The third-order valence-corrected chi connectivity index (χ3v) is 8.64. The van der Waals surface area contributed by atoms with Gasteiger partial charge in [-0.2, -0.15) is 17.5 Å². The molecule has 2 saturated heterocycles. The maximum absolute atomic E-state index is 13.3. The monoisotopic (exact) mass is 484 g/mol. The van der Waals surface area contributed by atoms with Crippen LogP contribution in [0.1, 0.15) is 69.9 Å². The van der Waals surface area contributed by atoms with Crippen LogP contribution < -0.4 is 0 Å². The number of piperidine rings is 2. The fourth-order valence-electron chi connectivity index (χ4n) is 4.62. The van der Waals surface area contributed by atoms with Crippen LogP contribution in [-0.4, -0.2) is 56.0 Å². The van der Waals surface area contributed by atoms with Crippen LogP contribution in [0.2, 0.25) is 0 Å². The second kappa shape index (κ2) is 11.2. The largest absolute Gasteiger partial charge is 0.393 e. The van der Waals surface area contributed by atoms with E-state index in [1.807, 2.05) is 6.92 Å². The first-order valence-corrected chi connectivity index (χ1v) is 13.5. The van der Waals surface area contributed by atoms with E-state index < -0.39 is 22.6 Å². The van der Waals surface area contributed by atoms with E-state index in [1.54, 1.807) is 0 Å². The highest BCUT2D eigenvalue weighted by atomic mass is 32.2. The highest BCUT2D eigenvalue weighted by molar-refractivity contribution is 7.89. The van der Waals surface area contributed by atoms with Gasteiger partial charge in [0.15, 0.2) is 0 Å². The molecule has 0 atom stereocenters. The van der Waals surface area contributed by atoms with Gasteiger partial charge in [-0.05, 0) is 68.8 Å². The summed E-state index contributed by atoms with van der Waals surface area (Å²) in [6.07, 6.45) is 0.791. The van der Waals surface area contributed by atoms with Crippen molar-refractivity contribution in [1.29, 1.82) is 0 Å². The van der Waals surface area contributed by atoms with Gasteiger partial charge in [-0.3, -0.25) is 0 Å². The molecule has 2 aliphatic rings. The van der Waals surface area contributed by atoms with Gasteiger partial charge in [-0.15, -0.1) is 0 Å². The number of benzene rings is 1. The van der Waals surface area contributed by atoms with Crippen molar-refractivity contribution in [1.82, 2.24) is 9.21 Å². The molecule has 0 aliphatic carbocycles. The second-order valence-corrected chi connectivity index (χ2v) is 11.3. The normalized spacial score (nSPS) is 19.9. The van der Waals surface area contributed by atoms with Crippen molar-refractivity contribution >= 4 is 10.0 Å². The first-order chi connectivity index (χ1) is 15.6. The molecule has 0 bridgehead atoms. The van der Waals surface area contributed by atoms with Gasteiger partial charge in [0.05, 0.1) is 11.3 Å². The predicted octanol–water partition coefficient (Wildman–Crippen LogP) is 5.22. The van der Waals surface area contributed by atoms with Crippen molar-refractivity contribution in [3.05, 3.63) is 29.3 Å². The first kappa shape index (κ1) is 26.1. The van der Waals surface area contributed by atoms with Crippen LogP contribution in [0.4, 0.5) is 13.2 Å². The van der Waals surface area contributed by atoms with Crippen molar-refractivity contribution in [2.45, 2.75) is 82.3 Å². The van der Waals surface area contributed by atoms with Crippen LogP contribution in [-0.2, 0) is 16.4 Å². The van der Waals surface area contributed by atoms with Gasteiger partial charge in [-0.1, -0.05) is 38.2 Å². The molecule has 1 aromatic carbocycles. The topological polar surface area (TPSA) is 40.6 Å². The molecule has 0 aromatic heterocycles. The lowest BCUT2D eigenvalue weighted by atomic mass is 9.95. The zero-order chi connectivity index (χ0) is 24.1. The summed E-state index contributed by atoms with van der Waals surface area (Å²) in [6.45, 7) is 7.29. The molecule has 1 aromatic rings. The lowest BCUT2D eigenvalue weighted by Gasteiger charge is -2.41. The summed E-state index contributed by atoms with van der Waals surface area (Å²) in [6, 6.07) is 4.29. The van der Waals surface area contributed by atoms with E-state index >= 15 is 0 Å². The third kappa shape index (κ3) is 7.21. The number of likely N-dealkylation sites (tertiary alicyclic amines) is 1. The number of hydrogen-bond acceptors (Lipinski definition) is 3. The quantitative estimate of drug-likeness (QED) is 0.411. The molecule has 2 fully saturated rings. The van der Waals surface area contributed by atoms with Crippen molar-refractivity contribution in [2.75, 3.05) is 26.2 Å². The maximum atomic E-state index is 13.3. The number of nitrogens with zero attached hydrogens (tertiary/aromatic N) is 2. The number of halogens is 3. The van der Waals surface area contributed by atoms with Crippen molar-refractivity contribution < 1.29 is 21.6 Å². The summed E-state index contributed by atoms with van der Waals surface area (Å²) in [4.78, 5) is 2.51. The Bertz CT molecular complexity index is 950. The minimum Gasteiger partial charge on any atom is -0.300 e. The minimum atomic E-state index is -4.38. The number of unbranched alkanes of at least 4 members (excludes halogenated alkanes) is 2. The van der Waals surface area contributed by atoms with E-state index in [4.69, 9.17) is 0 Å². The fraction of sp³-hybridized carbons (Fsp3) is 0.680. The Morgan fingerprint density at radius 1 is 1.06 bits per heavy atom. The van der Waals surface area contributed by atoms with Crippen molar-refractivity contribution in [2.24, 2.45) is 5.92 Å². The van der Waals surface area contributed by atoms with Crippen LogP contribution >= 0.6 is 0 Å². The average Bonchev–Trinajstić information content (AvgIpc) is 2.77. The molecular weight excluding hydrogens is 449 g/mol. The molecule has 33 heavy (non-hydrogen) atoms. The van der Waals surface area contributed by atoms with Gasteiger partial charge in [0, 0.05) is 31.1 Å². The fourth-order valence-corrected chi connectivity index (χ4v) is 6.11. The Labute approximate surface area is 196 Å². The summed E-state index contributed by atoms with van der Waals surface area (Å²) in [5.41, 5.74) is 0.172. The standard InChI is InChI=1S/C25H35F3N2O2S/c1-3-4-5-6-7-21-18-24(9-8-22(21)19-25(26,27)28)33(31,32)30-16-12-23(13-17-30)29-14-10-20(2)11-15-29/h8-9,18,20,23H,3-5,10-17,19H2,1-2H3. The van der Waals surface area contributed by atoms with Gasteiger partial charge in [-0.25, -0.2) is 8.42 Å². The van der Waals surface area contributed by atoms with Crippen LogP contribution in [0.25, 0.3) is 0 Å². The zero-order valence-electron chi connectivity index (χ0n) is 19.6. The molecule has 0 spiro atoms. The van der Waals surface area contributed by atoms with Crippen LogP contribution in [0, 0.1) is 17.8 Å². The summed E-state index contributed by atoms with van der Waals surface area (Å²) in [5, 5.41) is 0. The number of rotatable bonds is 6. The van der Waals surface area contributed by atoms with Gasteiger partial charge >= 0.3 is 6.18 Å². The second-order valence-electron chi connectivity index (χ2n) is 9.37. The van der Waals surface area contributed by atoms with E-state index in [9.17, 15) is 21.6 Å². The maximum Gasteiger partial charge on any atom is 0.393 e. The molecule has 0 radical (unpaired) electrons. The Balaban J connectivity index is 1.74. The third-order valence-electron chi connectivity index (χ3n) is 6.75. The summed E-state index contributed by atoms with van der Waals surface area (Å²) in [5.74, 6) is 6.45. The Hall–Kier alpha value is -1.56. The molecule has 0 unspecified atom stereocenters. The van der Waals surface area contributed by atoms with E-state index in [2.05, 4.69) is 23.7 Å². The van der Waals surface area contributed by atoms with Crippen molar-refractivity contribution in [3.63, 3.8) is 0 Å². The van der Waals surface area contributed by atoms with E-state index in [-0.39, 0.29) is 16.0 Å². The Morgan fingerprint density at radius 3 is 2.33 bits per heavy atom. The number of sulfonamides is 1. The molecule has 2 heterocycles. The molecular formula is C25H35F3N2O2S. The van der Waals surface area contributed by atoms with Gasteiger partial charge in [0.1, 0.15) is 0 Å². The molecule has 0 saturated carbocycles. The number of hydrogen-bond donors (Lipinski definition) is 0. The summed E-state index contributed by atoms with van der Waals surface area (Å²) >= 11 is 0. The van der Waals surface area contributed by atoms with Gasteiger partial charge in [0.2, 0.25) is 10.0 Å². The van der Waals surface area contributed by atoms with Gasteiger partial charge < -0.3 is 4.90 Å². The van der Waals surface area contributed by atoms with E-state index in [0.29, 0.717) is 25.6 Å². The van der Waals surface area contributed by atoms with Crippen LogP contribution in [0.5, 0.6) is 0 Å². The highest BCUT2D eigenvalue weighted by Crippen LogP contribution is 2.29. The van der Waals surface area contributed by atoms with E-state index in [1.165, 1.54) is 35.3 Å². The first-order valence-electron chi connectivity index (χ1n) is 12.0. The summed E-state index contributed by atoms with van der Waals surface area (Å²) < 4.78 is 67.1. The Kier molecular flexibility index (Phi) is 8.88. The van der Waals surface area contributed by atoms with Gasteiger partial charge in [0.25, 0.3) is 0 Å². The highest BCUT2D eigenvalue weighted by Gasteiger charge is 2.34. The van der Waals surface area contributed by atoms with Crippen molar-refractivity contribution in [3.8, 4) is 11.8 Å². The van der Waals surface area contributed by atoms with E-state index in [0.717, 1.165) is 44.7 Å². The van der Waals surface area contributed by atoms with Crippen LogP contribution in [0.15, 0.2) is 23.1 Å². The lowest BCUT2D eigenvalue weighted by molar-refractivity contribution is -0.127. The molecule has 0 amide bonds. The average molecular weight is 485 g/mol. The molecule has 0 N–H and O–H groups in total. The smallest absolute Gasteiger partial charge is 0.300 e. The molecule has 2 aliphatic heterocycles.